The molecule has 6 saturated carbocycles. The van der Waals surface area contributed by atoms with Crippen LogP contribution in [0.15, 0.2) is 13.8 Å². The lowest BCUT2D eigenvalue weighted by Crippen LogP contribution is -2.23. The molecule has 6 rings (SSSR count). The monoisotopic (exact) mass is 759 g/mol. The molecule has 9 nitrogen and oxygen atoms in total. The Morgan fingerprint density at radius 1 is 0.320 bits per heavy atom. The minimum atomic E-state index is -3.41. The van der Waals surface area contributed by atoms with Crippen LogP contribution < -0.4 is 0 Å². The Kier molecular flexibility index (Phi) is 16.4. The fourth-order valence-electron chi connectivity index (χ4n) is 9.10. The molecular formula is C38H72N3O6P3. The van der Waals surface area contributed by atoms with Crippen LogP contribution in [0.4, 0.5) is 0 Å². The third-order valence-electron chi connectivity index (χ3n) is 11.9. The standard InChI is InChI=1S/C38H72N3O6P3/c1-39-49(44-35-25-13-5-14-26-35,45-36-27-15-6-16-28-36)41-50(46-37-29-17-7-18-30-37,47-38-31-19-8-20-32-38)40-48(2,42-33-21-9-3-10-22-33)43-34-23-11-4-12-24-34/h33-38H,3-32H2,1-2H3. The van der Waals surface area contributed by atoms with Crippen molar-refractivity contribution in [3.05, 3.63) is 0 Å². The molecule has 290 valence electrons. The first-order valence-electron chi connectivity index (χ1n) is 21.3. The smallest absolute Gasteiger partial charge is 0.320 e. The number of hydrogen-bond donors (Lipinski definition) is 0. The van der Waals surface area contributed by atoms with Gasteiger partial charge in [0, 0.05) is 13.7 Å². The lowest BCUT2D eigenvalue weighted by molar-refractivity contribution is 0.0870. The molecule has 6 aliphatic rings. The average Bonchev–Trinajstić information content (AvgIpc) is 3.14. The van der Waals surface area contributed by atoms with E-state index in [1.54, 1.807) is 0 Å². The first-order valence-corrected chi connectivity index (χ1v) is 26.4. The van der Waals surface area contributed by atoms with E-state index in [2.05, 4.69) is 6.66 Å². The van der Waals surface area contributed by atoms with Crippen LogP contribution in [-0.2, 0) is 27.1 Å². The lowest BCUT2D eigenvalue weighted by atomic mass is 9.98. The van der Waals surface area contributed by atoms with Gasteiger partial charge in [-0.05, 0) is 77.0 Å². The van der Waals surface area contributed by atoms with Crippen LogP contribution in [0.5, 0.6) is 0 Å². The zero-order valence-electron chi connectivity index (χ0n) is 31.8. The van der Waals surface area contributed by atoms with E-state index < -0.39 is 22.8 Å². The van der Waals surface area contributed by atoms with Gasteiger partial charge in [-0.1, -0.05) is 116 Å². The first-order chi connectivity index (χ1) is 24.4. The highest BCUT2D eigenvalue weighted by Gasteiger charge is 2.42. The van der Waals surface area contributed by atoms with Gasteiger partial charge in [-0.15, -0.1) is 4.52 Å². The maximum Gasteiger partial charge on any atom is 0.348 e. The number of nitrogens with zero attached hydrogens (tertiary/aromatic N) is 3. The highest BCUT2D eigenvalue weighted by Crippen LogP contribution is 2.74. The molecule has 0 unspecified atom stereocenters. The fraction of sp³-hybridized carbons (Fsp3) is 1.00. The summed E-state index contributed by atoms with van der Waals surface area (Å²) >= 11 is 0. The third-order valence-corrected chi connectivity index (χ3v) is 20.1. The zero-order valence-corrected chi connectivity index (χ0v) is 34.5. The van der Waals surface area contributed by atoms with E-state index in [0.717, 1.165) is 103 Å². The normalized spacial score (nSPS) is 25.8. The molecule has 12 heteroatoms. The van der Waals surface area contributed by atoms with Gasteiger partial charge in [0.1, 0.15) is 0 Å². The summed E-state index contributed by atoms with van der Waals surface area (Å²) in [5.74, 6) is 0. The molecule has 0 atom stereocenters. The quantitative estimate of drug-likeness (QED) is 0.164. The fourth-order valence-corrected chi connectivity index (χ4v) is 18.3. The summed E-state index contributed by atoms with van der Waals surface area (Å²) in [6.45, 7) is 2.15. The van der Waals surface area contributed by atoms with Crippen LogP contribution in [0.1, 0.15) is 193 Å². The summed E-state index contributed by atoms with van der Waals surface area (Å²) < 4.78 is 60.2. The topological polar surface area (TPSA) is 92.5 Å². The van der Waals surface area contributed by atoms with E-state index in [4.69, 9.17) is 40.9 Å². The van der Waals surface area contributed by atoms with Crippen molar-refractivity contribution in [2.24, 2.45) is 13.8 Å². The largest absolute Gasteiger partial charge is 0.348 e. The summed E-state index contributed by atoms with van der Waals surface area (Å²) in [4.78, 5) is 0. The molecule has 0 N–H and O–H groups in total. The van der Waals surface area contributed by atoms with Crippen molar-refractivity contribution in [3.8, 4) is 0 Å². The second kappa shape index (κ2) is 20.4. The van der Waals surface area contributed by atoms with E-state index in [0.29, 0.717) is 0 Å². The molecule has 0 radical (unpaired) electrons. The van der Waals surface area contributed by atoms with Gasteiger partial charge in [0.25, 0.3) is 0 Å². The summed E-state index contributed by atoms with van der Waals surface area (Å²) in [5.41, 5.74) is 0. The molecular weight excluding hydrogens is 687 g/mol. The Bertz CT molecular complexity index is 1090. The Labute approximate surface area is 305 Å². The van der Waals surface area contributed by atoms with Crippen molar-refractivity contribution >= 4 is 22.8 Å². The second-order valence-electron chi connectivity index (χ2n) is 16.4. The molecule has 0 aromatic rings. The molecule has 0 heterocycles. The van der Waals surface area contributed by atoms with Crippen LogP contribution in [0.25, 0.3) is 0 Å². The predicted molar refractivity (Wildman–Crippen MR) is 208 cm³/mol. The van der Waals surface area contributed by atoms with Crippen LogP contribution in [0.2, 0.25) is 0 Å². The average molecular weight is 760 g/mol. The van der Waals surface area contributed by atoms with Crippen LogP contribution >= 0.6 is 22.8 Å². The van der Waals surface area contributed by atoms with Gasteiger partial charge in [-0.2, -0.15) is 4.52 Å². The molecule has 0 spiro atoms. The molecule has 0 saturated heterocycles. The minimum absolute atomic E-state index is 0.0362. The van der Waals surface area contributed by atoms with Crippen LogP contribution in [-0.4, -0.2) is 50.3 Å². The third kappa shape index (κ3) is 12.5. The van der Waals surface area contributed by atoms with Crippen molar-refractivity contribution < 1.29 is 27.1 Å². The van der Waals surface area contributed by atoms with E-state index in [1.165, 1.54) is 89.9 Å². The van der Waals surface area contributed by atoms with Gasteiger partial charge < -0.3 is 27.1 Å². The highest BCUT2D eigenvalue weighted by molar-refractivity contribution is 7.72. The van der Waals surface area contributed by atoms with E-state index >= 15 is 0 Å². The number of hydrogen-bond acceptors (Lipinski definition) is 7. The minimum Gasteiger partial charge on any atom is -0.320 e. The highest BCUT2D eigenvalue weighted by atomic mass is 31.3. The Hall–Kier alpha value is 0.450. The zero-order chi connectivity index (χ0) is 34.5. The molecule has 0 amide bonds. The Balaban J connectivity index is 1.50. The Morgan fingerprint density at radius 2 is 0.560 bits per heavy atom. The van der Waals surface area contributed by atoms with Gasteiger partial charge in [-0.25, -0.2) is 4.74 Å². The SMILES string of the molecule is CN=P(N=P(N=P(C)(OC1CCCCC1)OC1CCCCC1)(OC1CCCCC1)OC1CCCCC1)(OC1CCCCC1)OC1CCCCC1. The first kappa shape index (κ1) is 40.1. The molecule has 0 aliphatic heterocycles. The molecule has 50 heavy (non-hydrogen) atoms. The van der Waals surface area contributed by atoms with Gasteiger partial charge in [-0.3, -0.25) is 0 Å². The maximum absolute atomic E-state index is 7.42. The van der Waals surface area contributed by atoms with Gasteiger partial charge in [0.05, 0.1) is 36.6 Å². The van der Waals surface area contributed by atoms with Crippen molar-refractivity contribution in [3.63, 3.8) is 0 Å². The summed E-state index contributed by atoms with van der Waals surface area (Å²) in [6.07, 6.45) is 34.6. The van der Waals surface area contributed by atoms with Gasteiger partial charge in [0.2, 0.25) is 7.51 Å². The summed E-state index contributed by atoms with van der Waals surface area (Å²) in [5, 5.41) is 0. The maximum atomic E-state index is 7.42. The molecule has 0 bridgehead atoms. The number of rotatable bonds is 14. The van der Waals surface area contributed by atoms with E-state index in [-0.39, 0.29) is 36.6 Å². The van der Waals surface area contributed by atoms with Gasteiger partial charge in [0.15, 0.2) is 0 Å². The second-order valence-corrected chi connectivity index (χ2v) is 23.0. The van der Waals surface area contributed by atoms with E-state index in [9.17, 15) is 0 Å². The van der Waals surface area contributed by atoms with Crippen molar-refractivity contribution in [1.82, 2.24) is 0 Å². The van der Waals surface area contributed by atoms with E-state index in [1.807, 2.05) is 7.05 Å². The predicted octanol–water partition coefficient (Wildman–Crippen LogP) is 14.3. The van der Waals surface area contributed by atoms with Crippen LogP contribution in [0.3, 0.4) is 0 Å². The van der Waals surface area contributed by atoms with Crippen LogP contribution in [0, 0.1) is 0 Å². The lowest BCUT2D eigenvalue weighted by Gasteiger charge is -2.38. The molecule has 6 fully saturated rings. The molecule has 0 aromatic carbocycles. The molecule has 0 aromatic heterocycles. The van der Waals surface area contributed by atoms with Gasteiger partial charge >= 0.3 is 15.3 Å². The van der Waals surface area contributed by atoms with Crippen molar-refractivity contribution in [2.45, 2.75) is 229 Å². The Morgan fingerprint density at radius 3 is 0.820 bits per heavy atom. The van der Waals surface area contributed by atoms with Crippen molar-refractivity contribution in [2.75, 3.05) is 13.7 Å². The molecule has 6 aliphatic carbocycles. The summed E-state index contributed by atoms with van der Waals surface area (Å²) in [6, 6.07) is 0. The summed E-state index contributed by atoms with van der Waals surface area (Å²) in [7, 11) is -7.57. The van der Waals surface area contributed by atoms with Crippen molar-refractivity contribution in [1.29, 1.82) is 0 Å².